The van der Waals surface area contributed by atoms with Crippen molar-refractivity contribution >= 4 is 29.7 Å². The van der Waals surface area contributed by atoms with Crippen LogP contribution in [0.1, 0.15) is 110 Å². The third-order valence-corrected chi connectivity index (χ3v) is 13.0. The summed E-state index contributed by atoms with van der Waals surface area (Å²) in [5.41, 5.74) is 2.17. The highest BCUT2D eigenvalue weighted by Crippen LogP contribution is 2.52. The van der Waals surface area contributed by atoms with Crippen molar-refractivity contribution in [3.8, 4) is 0 Å². The highest BCUT2D eigenvalue weighted by atomic mass is 16.6. The molecule has 11 nitrogen and oxygen atoms in total. The van der Waals surface area contributed by atoms with Gasteiger partial charge in [0, 0.05) is 50.9 Å². The molecule has 49 heavy (non-hydrogen) atoms. The Morgan fingerprint density at radius 3 is 1.90 bits per heavy atom. The number of rotatable bonds is 4. The molecule has 11 heteroatoms. The zero-order chi connectivity index (χ0) is 34.6. The van der Waals surface area contributed by atoms with Gasteiger partial charge in [0.1, 0.15) is 5.78 Å². The highest BCUT2D eigenvalue weighted by Gasteiger charge is 2.47. The quantitative estimate of drug-likeness (QED) is 0.292. The summed E-state index contributed by atoms with van der Waals surface area (Å²) >= 11 is 0. The molecule has 2 saturated carbocycles. The van der Waals surface area contributed by atoms with Crippen molar-refractivity contribution in [1.82, 2.24) is 20.9 Å². The fourth-order valence-corrected chi connectivity index (χ4v) is 10.3. The van der Waals surface area contributed by atoms with Gasteiger partial charge in [-0.15, -0.1) is 0 Å². The number of piperidine rings is 2. The van der Waals surface area contributed by atoms with Gasteiger partial charge in [-0.1, -0.05) is 11.6 Å². The minimum atomic E-state index is -0.243. The van der Waals surface area contributed by atoms with Crippen LogP contribution in [0.2, 0.25) is 0 Å². The molecule has 3 amide bonds. The molecule has 2 spiro atoms. The van der Waals surface area contributed by atoms with Crippen LogP contribution >= 0.6 is 0 Å². The Morgan fingerprint density at radius 1 is 0.776 bits per heavy atom. The Labute approximate surface area is 291 Å². The monoisotopic (exact) mass is 682 g/mol. The van der Waals surface area contributed by atoms with Crippen LogP contribution in [0.25, 0.3) is 0 Å². The number of amides is 3. The van der Waals surface area contributed by atoms with Gasteiger partial charge in [-0.05, 0) is 126 Å². The second-order valence-corrected chi connectivity index (χ2v) is 16.1. The summed E-state index contributed by atoms with van der Waals surface area (Å²) < 4.78 is 10.3. The molecule has 5 saturated heterocycles. The van der Waals surface area contributed by atoms with E-state index in [9.17, 15) is 24.0 Å². The Bertz CT molecular complexity index is 1270. The number of esters is 1. The normalized spacial score (nSPS) is 35.4. The molecule has 272 valence electrons. The van der Waals surface area contributed by atoms with Gasteiger partial charge < -0.3 is 30.3 Å². The molecule has 8 aliphatic rings. The summed E-state index contributed by atoms with van der Waals surface area (Å²) in [7, 11) is 0. The summed E-state index contributed by atoms with van der Waals surface area (Å²) in [5.74, 6) is 2.49. The van der Waals surface area contributed by atoms with Gasteiger partial charge in [0.2, 0.25) is 11.8 Å². The first-order valence-electron chi connectivity index (χ1n) is 19.2. The number of nitrogens with zero attached hydrogens (tertiary/aromatic N) is 1. The van der Waals surface area contributed by atoms with E-state index in [2.05, 4.69) is 22.0 Å². The maximum atomic E-state index is 12.3. The Balaban J connectivity index is 0.000000141. The lowest BCUT2D eigenvalue weighted by molar-refractivity contribution is -0.150. The van der Waals surface area contributed by atoms with E-state index >= 15 is 0 Å². The number of Topliss-reactive ketones (excluding diaryl/α,β-unsaturated/α-hetero) is 1. The van der Waals surface area contributed by atoms with Crippen LogP contribution < -0.4 is 16.0 Å². The molecule has 0 aromatic carbocycles. The van der Waals surface area contributed by atoms with Gasteiger partial charge in [-0.25, -0.2) is 4.79 Å². The Morgan fingerprint density at radius 2 is 1.37 bits per heavy atom. The smallest absolute Gasteiger partial charge is 0.410 e. The SMILES string of the molecule is CCOC(=O)C1C2C=C(C3CCC4(CC3)CNC(=O)C4)CC1CC2.CCOC(=O)N1C2CCC1CC(=O)C2.O=C1CC2(CCNCC2)CN1. The molecule has 7 fully saturated rings. The molecular weight excluding hydrogens is 624 g/mol. The van der Waals surface area contributed by atoms with Crippen LogP contribution in [0.5, 0.6) is 0 Å². The number of hydrogen-bond acceptors (Lipinski definition) is 8. The van der Waals surface area contributed by atoms with E-state index in [1.54, 1.807) is 17.4 Å². The average molecular weight is 683 g/mol. The molecule has 3 N–H and O–H groups in total. The molecule has 0 aromatic rings. The van der Waals surface area contributed by atoms with Gasteiger partial charge in [-0.3, -0.25) is 19.2 Å². The third kappa shape index (κ3) is 8.18. The van der Waals surface area contributed by atoms with Crippen LogP contribution in [-0.2, 0) is 28.7 Å². The van der Waals surface area contributed by atoms with Crippen LogP contribution in [0, 0.1) is 34.5 Å². The predicted molar refractivity (Wildman–Crippen MR) is 183 cm³/mol. The van der Waals surface area contributed by atoms with Crippen molar-refractivity contribution in [2.45, 2.75) is 122 Å². The maximum Gasteiger partial charge on any atom is 0.410 e. The van der Waals surface area contributed by atoms with E-state index in [1.807, 2.05) is 6.92 Å². The van der Waals surface area contributed by atoms with Crippen molar-refractivity contribution in [2.75, 3.05) is 39.4 Å². The first-order chi connectivity index (χ1) is 23.6. The Kier molecular flexibility index (Phi) is 11.4. The van der Waals surface area contributed by atoms with E-state index in [-0.39, 0.29) is 53.1 Å². The van der Waals surface area contributed by atoms with E-state index in [1.165, 1.54) is 32.1 Å². The largest absolute Gasteiger partial charge is 0.466 e. The standard InChI is InChI=1S/C20H29NO3.C10H15NO3.C8H14N2O/c1-2-24-19(23)18-14-3-4-15(18)10-16(9-14)13-5-7-20(8-6-13)11-17(22)21-12-20;1-2-14-10(13)11-7-3-4-8(11)6-9(12)5-7;11-7-5-8(6-10-7)1-3-9-4-2-8/h9,13-15,18H,2-8,10-12H2,1H3,(H,21,22);7-8H,2-6H2,1H3;9H,1-6H2,(H,10,11). The molecule has 5 heterocycles. The topological polar surface area (TPSA) is 143 Å². The average Bonchev–Trinajstić information content (AvgIpc) is 3.79. The summed E-state index contributed by atoms with van der Waals surface area (Å²) in [6.45, 7) is 8.54. The molecule has 8 rings (SSSR count). The number of nitrogens with one attached hydrogen (secondary N) is 3. The van der Waals surface area contributed by atoms with Gasteiger partial charge in [0.25, 0.3) is 0 Å². The lowest BCUT2D eigenvalue weighted by Crippen LogP contribution is -2.46. The summed E-state index contributed by atoms with van der Waals surface area (Å²) in [5, 5.41) is 9.25. The first kappa shape index (κ1) is 35.9. The van der Waals surface area contributed by atoms with E-state index < -0.39 is 0 Å². The fourth-order valence-electron chi connectivity index (χ4n) is 10.3. The highest BCUT2D eigenvalue weighted by molar-refractivity contribution is 5.83. The maximum absolute atomic E-state index is 12.3. The molecule has 0 radical (unpaired) electrons. The zero-order valence-electron chi connectivity index (χ0n) is 29.7. The molecular formula is C38H58N4O7. The van der Waals surface area contributed by atoms with Crippen molar-refractivity contribution in [3.05, 3.63) is 11.6 Å². The molecule has 0 aromatic heterocycles. The molecule has 3 aliphatic carbocycles. The number of ketones is 1. The third-order valence-electron chi connectivity index (χ3n) is 13.0. The second-order valence-electron chi connectivity index (χ2n) is 16.1. The van der Waals surface area contributed by atoms with Crippen LogP contribution in [0.15, 0.2) is 11.6 Å². The molecule has 5 atom stereocenters. The van der Waals surface area contributed by atoms with E-state index in [4.69, 9.17) is 9.47 Å². The Hall–Kier alpha value is -2.95. The lowest BCUT2D eigenvalue weighted by Gasteiger charge is -2.39. The predicted octanol–water partition coefficient (Wildman–Crippen LogP) is 4.43. The summed E-state index contributed by atoms with van der Waals surface area (Å²) in [6, 6.07) is 0.223. The number of ether oxygens (including phenoxy) is 2. The minimum absolute atomic E-state index is 0.0263. The van der Waals surface area contributed by atoms with Gasteiger partial charge in [-0.2, -0.15) is 0 Å². The second kappa shape index (κ2) is 15.5. The number of hydrogen-bond donors (Lipinski definition) is 3. The van der Waals surface area contributed by atoms with Crippen LogP contribution in [0.3, 0.4) is 0 Å². The lowest BCUT2D eigenvalue weighted by atomic mass is 9.66. The first-order valence-corrected chi connectivity index (χ1v) is 19.2. The van der Waals surface area contributed by atoms with Crippen molar-refractivity contribution in [1.29, 1.82) is 0 Å². The minimum Gasteiger partial charge on any atom is -0.466 e. The molecule has 5 aliphatic heterocycles. The van der Waals surface area contributed by atoms with E-state index in [0.717, 1.165) is 77.5 Å². The summed E-state index contributed by atoms with van der Waals surface area (Å²) in [4.78, 5) is 59.4. The van der Waals surface area contributed by atoms with Gasteiger partial charge in [0.05, 0.1) is 19.1 Å². The van der Waals surface area contributed by atoms with E-state index in [0.29, 0.717) is 49.2 Å². The number of fused-ring (bicyclic) bond motifs is 4. The fraction of sp³-hybridized carbons (Fsp3) is 0.816. The number of carbonyl (C=O) groups excluding carboxylic acids is 5. The van der Waals surface area contributed by atoms with Crippen LogP contribution in [0.4, 0.5) is 4.79 Å². The van der Waals surface area contributed by atoms with Crippen LogP contribution in [-0.4, -0.2) is 86.0 Å². The molecule has 4 bridgehead atoms. The van der Waals surface area contributed by atoms with Gasteiger partial charge >= 0.3 is 12.1 Å². The number of carbonyl (C=O) groups is 5. The molecule has 5 unspecified atom stereocenters. The zero-order valence-corrected chi connectivity index (χ0v) is 29.7. The number of allylic oxidation sites excluding steroid dienone is 2. The van der Waals surface area contributed by atoms with Gasteiger partial charge in [0.15, 0.2) is 0 Å². The summed E-state index contributed by atoms with van der Waals surface area (Å²) in [6.07, 6.45) is 17.1. The van der Waals surface area contributed by atoms with Crippen molar-refractivity contribution in [3.63, 3.8) is 0 Å². The van der Waals surface area contributed by atoms with Crippen molar-refractivity contribution in [2.24, 2.45) is 34.5 Å². The van der Waals surface area contributed by atoms with Crippen molar-refractivity contribution < 1.29 is 33.4 Å².